The number of anilines is 2. The summed E-state index contributed by atoms with van der Waals surface area (Å²) in [5, 5.41) is 4.82. The van der Waals surface area contributed by atoms with Crippen LogP contribution in [0, 0.1) is 11.8 Å². The monoisotopic (exact) mass is 466 g/mol. The molecule has 0 radical (unpaired) electrons. The number of nitrogens with one attached hydrogen (secondary N) is 1. The number of benzene rings is 1. The van der Waals surface area contributed by atoms with Crippen molar-refractivity contribution < 1.29 is 4.42 Å². The standard InChI is InChI=1S/C25H27ClN4OS/c1-16-12-17(2)15-29(14-16)21-9-8-18(13-19(21)26)30-24(22-7-5-11-31-22)23(28-25(30)32)20-6-3-4-10-27-20/h3-11,13,16-17,23-24H,12,14-15H2,1-2H3,(H,28,32). The highest BCUT2D eigenvalue weighted by atomic mass is 35.5. The van der Waals surface area contributed by atoms with Crippen LogP contribution < -0.4 is 15.1 Å². The Balaban J connectivity index is 1.50. The minimum atomic E-state index is -0.163. The van der Waals surface area contributed by atoms with E-state index in [1.807, 2.05) is 36.4 Å². The van der Waals surface area contributed by atoms with Crippen LogP contribution in [0.15, 0.2) is 65.4 Å². The second-order valence-corrected chi connectivity index (χ2v) is 9.79. The predicted molar refractivity (Wildman–Crippen MR) is 133 cm³/mol. The van der Waals surface area contributed by atoms with Crippen LogP contribution in [0.25, 0.3) is 0 Å². The molecule has 5 rings (SSSR count). The van der Waals surface area contributed by atoms with Crippen molar-refractivity contribution in [2.45, 2.75) is 32.4 Å². The Morgan fingerprint density at radius 3 is 2.56 bits per heavy atom. The number of halogens is 1. The van der Waals surface area contributed by atoms with Gasteiger partial charge in [-0.1, -0.05) is 31.5 Å². The van der Waals surface area contributed by atoms with E-state index >= 15 is 0 Å². The van der Waals surface area contributed by atoms with Gasteiger partial charge in [-0.15, -0.1) is 0 Å². The number of rotatable bonds is 4. The molecule has 0 aliphatic carbocycles. The van der Waals surface area contributed by atoms with Crippen LogP contribution in [0.3, 0.4) is 0 Å². The number of pyridine rings is 1. The molecule has 0 amide bonds. The Labute approximate surface area is 199 Å². The van der Waals surface area contributed by atoms with Gasteiger partial charge in [0.25, 0.3) is 0 Å². The highest BCUT2D eigenvalue weighted by Crippen LogP contribution is 2.43. The van der Waals surface area contributed by atoms with Crippen molar-refractivity contribution in [1.29, 1.82) is 0 Å². The van der Waals surface area contributed by atoms with Crippen LogP contribution >= 0.6 is 23.8 Å². The van der Waals surface area contributed by atoms with Crippen LogP contribution in [0.5, 0.6) is 0 Å². The molecule has 4 heterocycles. The predicted octanol–water partition coefficient (Wildman–Crippen LogP) is 5.99. The molecule has 0 bridgehead atoms. The number of thiocarbonyl (C=S) groups is 1. The van der Waals surface area contributed by atoms with Crippen molar-refractivity contribution in [1.82, 2.24) is 10.3 Å². The van der Waals surface area contributed by atoms with Crippen molar-refractivity contribution >= 4 is 40.3 Å². The molecular weight excluding hydrogens is 440 g/mol. The highest BCUT2D eigenvalue weighted by Gasteiger charge is 2.42. The van der Waals surface area contributed by atoms with Crippen molar-refractivity contribution in [3.05, 3.63) is 77.5 Å². The maximum Gasteiger partial charge on any atom is 0.174 e. The van der Waals surface area contributed by atoms with E-state index in [9.17, 15) is 0 Å². The maximum atomic E-state index is 6.84. The van der Waals surface area contributed by atoms with Gasteiger partial charge in [0.05, 0.1) is 28.7 Å². The lowest BCUT2D eigenvalue weighted by atomic mass is 9.91. The topological polar surface area (TPSA) is 44.5 Å². The molecule has 3 aromatic rings. The number of furan rings is 1. The van der Waals surface area contributed by atoms with E-state index in [2.05, 4.69) is 46.1 Å². The van der Waals surface area contributed by atoms with Gasteiger partial charge >= 0.3 is 0 Å². The van der Waals surface area contributed by atoms with Crippen LogP contribution in [0.1, 0.15) is 43.8 Å². The third kappa shape index (κ3) is 3.97. The Hall–Kier alpha value is -2.57. The van der Waals surface area contributed by atoms with Gasteiger partial charge in [-0.05, 0) is 72.9 Å². The number of hydrogen-bond donors (Lipinski definition) is 1. The SMILES string of the molecule is CC1CC(C)CN(c2ccc(N3C(=S)NC(c4ccccn4)C3c3ccco3)cc2Cl)C1. The van der Waals surface area contributed by atoms with E-state index in [-0.39, 0.29) is 12.1 Å². The molecule has 0 spiro atoms. The second-order valence-electron chi connectivity index (χ2n) is 9.00. The number of hydrogen-bond acceptors (Lipinski definition) is 4. The third-order valence-electron chi connectivity index (χ3n) is 6.35. The quantitative estimate of drug-likeness (QED) is 0.476. The van der Waals surface area contributed by atoms with Crippen LogP contribution in [0.2, 0.25) is 5.02 Å². The van der Waals surface area contributed by atoms with E-state index in [1.54, 1.807) is 12.5 Å². The lowest BCUT2D eigenvalue weighted by molar-refractivity contribution is 0.357. The fourth-order valence-corrected chi connectivity index (χ4v) is 5.78. The molecule has 166 valence electrons. The van der Waals surface area contributed by atoms with E-state index < -0.39 is 0 Å². The first-order chi connectivity index (χ1) is 15.5. The molecule has 5 nitrogen and oxygen atoms in total. The molecule has 2 aromatic heterocycles. The average Bonchev–Trinajstić information content (AvgIpc) is 3.41. The summed E-state index contributed by atoms with van der Waals surface area (Å²) >= 11 is 12.6. The zero-order valence-corrected chi connectivity index (χ0v) is 19.8. The molecule has 1 N–H and O–H groups in total. The molecule has 0 saturated carbocycles. The first kappa shape index (κ1) is 21.3. The fourth-order valence-electron chi connectivity index (χ4n) is 5.14. The number of nitrogens with zero attached hydrogens (tertiary/aromatic N) is 3. The summed E-state index contributed by atoms with van der Waals surface area (Å²) in [7, 11) is 0. The molecule has 2 aliphatic heterocycles. The average molecular weight is 467 g/mol. The first-order valence-electron chi connectivity index (χ1n) is 11.1. The summed E-state index contributed by atoms with van der Waals surface area (Å²) in [5.41, 5.74) is 2.94. The lowest BCUT2D eigenvalue weighted by Crippen LogP contribution is -2.38. The molecule has 1 aromatic carbocycles. The van der Waals surface area contributed by atoms with Crippen molar-refractivity contribution in [3.63, 3.8) is 0 Å². The van der Waals surface area contributed by atoms with Crippen molar-refractivity contribution in [3.8, 4) is 0 Å². The lowest BCUT2D eigenvalue weighted by Gasteiger charge is -2.37. The molecule has 2 aliphatic rings. The molecular formula is C25H27ClN4OS. The van der Waals surface area contributed by atoms with E-state index in [0.29, 0.717) is 16.9 Å². The Kier molecular flexibility index (Phi) is 5.82. The molecule has 4 unspecified atom stereocenters. The number of aromatic nitrogens is 1. The van der Waals surface area contributed by atoms with Gasteiger partial charge in [0.1, 0.15) is 11.8 Å². The normalized spacial score (nSPS) is 25.8. The smallest absolute Gasteiger partial charge is 0.174 e. The molecule has 32 heavy (non-hydrogen) atoms. The van der Waals surface area contributed by atoms with Crippen LogP contribution in [-0.4, -0.2) is 23.2 Å². The zero-order valence-electron chi connectivity index (χ0n) is 18.2. The van der Waals surface area contributed by atoms with Crippen molar-refractivity contribution in [2.75, 3.05) is 22.9 Å². The Morgan fingerprint density at radius 1 is 1.09 bits per heavy atom. The second kappa shape index (κ2) is 8.75. The summed E-state index contributed by atoms with van der Waals surface area (Å²) in [6.45, 7) is 6.68. The summed E-state index contributed by atoms with van der Waals surface area (Å²) in [6.07, 6.45) is 4.76. The summed E-state index contributed by atoms with van der Waals surface area (Å²) in [4.78, 5) is 9.06. The largest absolute Gasteiger partial charge is 0.467 e. The number of piperidine rings is 1. The highest BCUT2D eigenvalue weighted by molar-refractivity contribution is 7.80. The maximum absolute atomic E-state index is 6.84. The summed E-state index contributed by atoms with van der Waals surface area (Å²) < 4.78 is 5.83. The van der Waals surface area contributed by atoms with Crippen LogP contribution in [0.4, 0.5) is 11.4 Å². The van der Waals surface area contributed by atoms with E-state index in [4.69, 9.17) is 28.2 Å². The fraction of sp³-hybridized carbons (Fsp3) is 0.360. The van der Waals surface area contributed by atoms with Gasteiger partial charge in [-0.25, -0.2) is 0 Å². The minimum Gasteiger partial charge on any atom is -0.467 e. The molecule has 7 heteroatoms. The first-order valence-corrected chi connectivity index (χ1v) is 11.9. The summed E-state index contributed by atoms with van der Waals surface area (Å²) in [5.74, 6) is 2.14. The van der Waals surface area contributed by atoms with Gasteiger partial charge in [-0.2, -0.15) is 0 Å². The minimum absolute atomic E-state index is 0.128. The Morgan fingerprint density at radius 2 is 1.91 bits per heavy atom. The van der Waals surface area contributed by atoms with Gasteiger partial charge < -0.3 is 19.5 Å². The van der Waals surface area contributed by atoms with E-state index in [1.165, 1.54) is 6.42 Å². The molecule has 4 atom stereocenters. The Bertz CT molecular complexity index is 1080. The zero-order chi connectivity index (χ0) is 22.2. The van der Waals surface area contributed by atoms with Gasteiger partial charge in [0, 0.05) is 25.0 Å². The van der Waals surface area contributed by atoms with Crippen molar-refractivity contribution in [2.24, 2.45) is 11.8 Å². The van der Waals surface area contributed by atoms with Gasteiger partial charge in [-0.3, -0.25) is 4.98 Å². The molecule has 2 fully saturated rings. The van der Waals surface area contributed by atoms with E-state index in [0.717, 1.165) is 40.9 Å². The van der Waals surface area contributed by atoms with Gasteiger partial charge in [0.2, 0.25) is 0 Å². The third-order valence-corrected chi connectivity index (χ3v) is 6.97. The summed E-state index contributed by atoms with van der Waals surface area (Å²) in [6, 6.07) is 15.8. The molecule has 2 saturated heterocycles. The van der Waals surface area contributed by atoms with Crippen LogP contribution in [-0.2, 0) is 0 Å². The van der Waals surface area contributed by atoms with Gasteiger partial charge in [0.15, 0.2) is 5.11 Å².